The van der Waals surface area contributed by atoms with Gasteiger partial charge in [-0.3, -0.25) is 4.98 Å². The zero-order valence-corrected chi connectivity index (χ0v) is 33.0. The van der Waals surface area contributed by atoms with Crippen molar-refractivity contribution in [2.24, 2.45) is 0 Å². The summed E-state index contributed by atoms with van der Waals surface area (Å²) in [6.07, 6.45) is 10.1. The van der Waals surface area contributed by atoms with Gasteiger partial charge in [-0.05, 0) is 79.1 Å². The van der Waals surface area contributed by atoms with Crippen molar-refractivity contribution in [3.8, 4) is 33.5 Å². The molecule has 2 aromatic heterocycles. The minimum Gasteiger partial charge on any atom is -0.252 e. The minimum atomic E-state index is 0.319. The Bertz CT molecular complexity index is 3500. The van der Waals surface area contributed by atoms with E-state index in [0.717, 1.165) is 45.0 Å². The van der Waals surface area contributed by atoms with Crippen LogP contribution in [-0.2, 0) is 0 Å². The number of hydrogen-bond acceptors (Lipinski definition) is 3. The van der Waals surface area contributed by atoms with E-state index in [4.69, 9.17) is 9.97 Å². The number of fused-ring (bicyclic) bond motifs is 10. The fourth-order valence-electron chi connectivity index (χ4n) is 9.39. The standard InChI is InChI=1S/C56H36N2S/c1-2-14-45-42(37-27-29-38(30-28-37)43-20-10-21-51-48-17-7-8-22-53(48)59-56(43)51)32-31-41(44(45)13-1)36-25-23-35(24-26-36)39-11-9-12-40(33-39)52-34-57-54-49-18-5-3-15-46(49)47-16-4-6-19-50(47)55(54)58-52/h1-27,29-34,37H,28H2. The van der Waals surface area contributed by atoms with Crippen LogP contribution < -0.4 is 0 Å². The molecule has 1 atom stereocenters. The maximum Gasteiger partial charge on any atom is 0.0979 e. The zero-order valence-electron chi connectivity index (χ0n) is 32.1. The van der Waals surface area contributed by atoms with Gasteiger partial charge in [0.25, 0.3) is 0 Å². The van der Waals surface area contributed by atoms with Crippen LogP contribution in [0.5, 0.6) is 0 Å². The maximum atomic E-state index is 5.25. The van der Waals surface area contributed by atoms with Gasteiger partial charge in [-0.2, -0.15) is 0 Å². The smallest absolute Gasteiger partial charge is 0.0979 e. The Labute approximate surface area is 346 Å². The Hall–Kier alpha value is -7.20. The third-order valence-corrected chi connectivity index (χ3v) is 13.5. The Kier molecular flexibility index (Phi) is 7.89. The van der Waals surface area contributed by atoms with Crippen LogP contribution in [0.4, 0.5) is 0 Å². The lowest BCUT2D eigenvalue weighted by Crippen LogP contribution is -2.00. The lowest BCUT2D eigenvalue weighted by atomic mass is 9.84. The van der Waals surface area contributed by atoms with Crippen molar-refractivity contribution in [3.05, 3.63) is 211 Å². The van der Waals surface area contributed by atoms with E-state index in [1.165, 1.54) is 75.1 Å². The first kappa shape index (κ1) is 33.9. The second kappa shape index (κ2) is 13.7. The third-order valence-electron chi connectivity index (χ3n) is 12.3. The van der Waals surface area contributed by atoms with Gasteiger partial charge in [0.05, 0.1) is 22.9 Å². The van der Waals surface area contributed by atoms with Crippen LogP contribution in [0.2, 0.25) is 0 Å². The molecular weight excluding hydrogens is 733 g/mol. The summed E-state index contributed by atoms with van der Waals surface area (Å²) >= 11 is 1.90. The van der Waals surface area contributed by atoms with E-state index in [0.29, 0.717) is 5.92 Å². The summed E-state index contributed by atoms with van der Waals surface area (Å²) < 4.78 is 2.72. The summed E-state index contributed by atoms with van der Waals surface area (Å²) in [5.74, 6) is 0.319. The van der Waals surface area contributed by atoms with E-state index in [-0.39, 0.29) is 0 Å². The molecule has 1 aliphatic rings. The number of thiophene rings is 1. The van der Waals surface area contributed by atoms with Crippen molar-refractivity contribution in [2.75, 3.05) is 0 Å². The Balaban J connectivity index is 0.840. The van der Waals surface area contributed by atoms with E-state index >= 15 is 0 Å². The second-order valence-corrected chi connectivity index (χ2v) is 16.6. The molecule has 0 aliphatic heterocycles. The van der Waals surface area contributed by atoms with E-state index in [2.05, 4.69) is 194 Å². The largest absolute Gasteiger partial charge is 0.252 e. The molecule has 0 bridgehead atoms. The molecule has 3 heteroatoms. The average molecular weight is 769 g/mol. The van der Waals surface area contributed by atoms with Crippen LogP contribution >= 0.6 is 11.3 Å². The molecule has 2 heterocycles. The van der Waals surface area contributed by atoms with Crippen LogP contribution in [0, 0.1) is 0 Å². The predicted molar refractivity (Wildman–Crippen MR) is 252 cm³/mol. The van der Waals surface area contributed by atoms with Crippen LogP contribution in [-0.4, -0.2) is 9.97 Å². The molecule has 0 spiro atoms. The second-order valence-electron chi connectivity index (χ2n) is 15.6. The minimum absolute atomic E-state index is 0.319. The molecule has 12 rings (SSSR count). The molecule has 0 radical (unpaired) electrons. The first-order valence-electron chi connectivity index (χ1n) is 20.3. The molecule has 11 aromatic rings. The van der Waals surface area contributed by atoms with Gasteiger partial charge in [0.1, 0.15) is 0 Å². The van der Waals surface area contributed by atoms with Crippen molar-refractivity contribution in [1.29, 1.82) is 0 Å². The summed E-state index contributed by atoms with van der Waals surface area (Å²) in [6.45, 7) is 0. The highest BCUT2D eigenvalue weighted by Gasteiger charge is 2.19. The number of benzene rings is 9. The zero-order chi connectivity index (χ0) is 38.9. The third kappa shape index (κ3) is 5.61. The number of rotatable bonds is 5. The molecule has 0 N–H and O–H groups in total. The molecule has 0 saturated heterocycles. The number of allylic oxidation sites excluding steroid dienone is 4. The van der Waals surface area contributed by atoms with Crippen LogP contribution in [0.3, 0.4) is 0 Å². The summed E-state index contributed by atoms with van der Waals surface area (Å²) in [4.78, 5) is 10.3. The van der Waals surface area contributed by atoms with Crippen molar-refractivity contribution in [2.45, 2.75) is 12.3 Å². The van der Waals surface area contributed by atoms with Crippen molar-refractivity contribution in [3.63, 3.8) is 0 Å². The van der Waals surface area contributed by atoms with Gasteiger partial charge in [-0.25, -0.2) is 4.98 Å². The lowest BCUT2D eigenvalue weighted by molar-refractivity contribution is 0.865. The van der Waals surface area contributed by atoms with Gasteiger partial charge in [-0.1, -0.05) is 182 Å². The Morgan fingerprint density at radius 3 is 1.88 bits per heavy atom. The van der Waals surface area contributed by atoms with Gasteiger partial charge < -0.3 is 0 Å². The molecule has 0 saturated carbocycles. The highest BCUT2D eigenvalue weighted by molar-refractivity contribution is 7.26. The molecule has 1 aliphatic carbocycles. The monoisotopic (exact) mass is 768 g/mol. The highest BCUT2D eigenvalue weighted by atomic mass is 32.1. The normalized spacial score (nSPS) is 14.2. The molecule has 0 amide bonds. The average Bonchev–Trinajstić information content (AvgIpc) is 3.70. The molecular formula is C56H36N2S. The van der Waals surface area contributed by atoms with Crippen LogP contribution in [0.1, 0.15) is 23.5 Å². The molecule has 59 heavy (non-hydrogen) atoms. The number of hydrogen-bond donors (Lipinski definition) is 0. The Morgan fingerprint density at radius 2 is 1.10 bits per heavy atom. The highest BCUT2D eigenvalue weighted by Crippen LogP contribution is 2.42. The molecule has 0 fully saturated rings. The number of nitrogens with zero attached hydrogens (tertiary/aromatic N) is 2. The van der Waals surface area contributed by atoms with E-state index in [1.54, 1.807) is 0 Å². The predicted octanol–water partition coefficient (Wildman–Crippen LogP) is 15.6. The first-order valence-corrected chi connectivity index (χ1v) is 21.1. The summed E-state index contributed by atoms with van der Waals surface area (Å²) in [5.41, 5.74) is 12.6. The van der Waals surface area contributed by atoms with Crippen molar-refractivity contribution >= 4 is 80.4 Å². The van der Waals surface area contributed by atoms with Gasteiger partial charge in [0.2, 0.25) is 0 Å². The fraction of sp³-hybridized carbons (Fsp3) is 0.0357. The van der Waals surface area contributed by atoms with Crippen molar-refractivity contribution in [1.82, 2.24) is 9.97 Å². The van der Waals surface area contributed by atoms with Crippen LogP contribution in [0.15, 0.2) is 200 Å². The number of aromatic nitrogens is 2. The Morgan fingerprint density at radius 1 is 0.458 bits per heavy atom. The topological polar surface area (TPSA) is 25.8 Å². The van der Waals surface area contributed by atoms with Crippen molar-refractivity contribution < 1.29 is 0 Å². The maximum absolute atomic E-state index is 5.25. The van der Waals surface area contributed by atoms with E-state index < -0.39 is 0 Å². The van der Waals surface area contributed by atoms with Crippen LogP contribution in [0.25, 0.3) is 103 Å². The fourth-order valence-corrected chi connectivity index (χ4v) is 10.6. The lowest BCUT2D eigenvalue weighted by Gasteiger charge is -2.20. The molecule has 276 valence electrons. The summed E-state index contributed by atoms with van der Waals surface area (Å²) in [7, 11) is 0. The van der Waals surface area contributed by atoms with Gasteiger partial charge >= 0.3 is 0 Å². The first-order chi connectivity index (χ1) is 29.2. The molecule has 1 unspecified atom stereocenters. The van der Waals surface area contributed by atoms with Gasteiger partial charge in [-0.15, -0.1) is 11.3 Å². The van der Waals surface area contributed by atoms with E-state index in [1.807, 2.05) is 17.5 Å². The van der Waals surface area contributed by atoms with E-state index in [9.17, 15) is 0 Å². The summed E-state index contributed by atoms with van der Waals surface area (Å²) in [5, 5.41) is 9.96. The molecule has 2 nitrogen and oxygen atoms in total. The quantitative estimate of drug-likeness (QED) is 0.163. The summed E-state index contributed by atoms with van der Waals surface area (Å²) in [6, 6.07) is 63.8. The van der Waals surface area contributed by atoms with Gasteiger partial charge in [0, 0.05) is 42.4 Å². The van der Waals surface area contributed by atoms with Gasteiger partial charge in [0.15, 0.2) is 0 Å². The molecule has 9 aromatic carbocycles. The SMILES string of the molecule is C1=CC(c2ccc(-c3ccc(-c4cccc(-c5cnc6c7ccccc7c7ccccc7c6n5)c4)cc3)c3ccccc23)CC=C1c1cccc2c1sc1ccccc12.